The maximum absolute atomic E-state index is 12.6. The molecule has 0 radical (unpaired) electrons. The number of ether oxygens (including phenoxy) is 1. The molecule has 5 heteroatoms. The molecular formula is C17H19Cl2NO2. The molecular weight excluding hydrogens is 321 g/mol. The summed E-state index contributed by atoms with van der Waals surface area (Å²) >= 11 is 12.1. The van der Waals surface area contributed by atoms with Crippen molar-refractivity contribution in [2.75, 3.05) is 19.7 Å². The highest BCUT2D eigenvalue weighted by Crippen LogP contribution is 2.29. The van der Waals surface area contributed by atoms with Crippen molar-refractivity contribution in [1.82, 2.24) is 4.90 Å². The zero-order valence-electron chi connectivity index (χ0n) is 12.3. The van der Waals surface area contributed by atoms with Gasteiger partial charge < -0.3 is 9.64 Å². The van der Waals surface area contributed by atoms with Crippen LogP contribution in [0.15, 0.2) is 30.4 Å². The predicted molar refractivity (Wildman–Crippen MR) is 88.2 cm³/mol. The molecule has 118 valence electrons. The summed E-state index contributed by atoms with van der Waals surface area (Å²) in [7, 11) is 0. The molecule has 1 heterocycles. The Morgan fingerprint density at radius 3 is 2.64 bits per heavy atom. The number of amides is 1. The molecule has 1 amide bonds. The zero-order chi connectivity index (χ0) is 15.5. The second-order valence-corrected chi connectivity index (χ2v) is 6.70. The van der Waals surface area contributed by atoms with Crippen molar-refractivity contribution in [3.63, 3.8) is 0 Å². The minimum Gasteiger partial charge on any atom is -0.370 e. The molecule has 0 aromatic heterocycles. The van der Waals surface area contributed by atoms with Crippen molar-refractivity contribution in [1.29, 1.82) is 0 Å². The van der Waals surface area contributed by atoms with E-state index < -0.39 is 0 Å². The smallest absolute Gasteiger partial charge is 0.226 e. The number of hydrogen-bond donors (Lipinski definition) is 0. The van der Waals surface area contributed by atoms with Crippen LogP contribution in [0.25, 0.3) is 0 Å². The number of halogens is 2. The van der Waals surface area contributed by atoms with Crippen molar-refractivity contribution in [2.24, 2.45) is 5.92 Å². The van der Waals surface area contributed by atoms with E-state index in [1.54, 1.807) is 6.07 Å². The standard InChI is InChI=1S/C17H19Cl2NO2/c18-14-8-13(9-15(19)10-14)16-11-20(6-7-22-16)17(21)12-4-2-1-3-5-12/h1-2,8-10,12,16H,3-7,11H2. The zero-order valence-corrected chi connectivity index (χ0v) is 13.8. The van der Waals surface area contributed by atoms with Gasteiger partial charge >= 0.3 is 0 Å². The number of carbonyl (C=O) groups is 1. The summed E-state index contributed by atoms with van der Waals surface area (Å²) in [4.78, 5) is 14.6. The number of nitrogens with zero attached hydrogens (tertiary/aromatic N) is 1. The second kappa shape index (κ2) is 7.03. The Balaban J connectivity index is 1.71. The van der Waals surface area contributed by atoms with Crippen LogP contribution in [-0.4, -0.2) is 30.5 Å². The summed E-state index contributed by atoms with van der Waals surface area (Å²) in [5, 5.41) is 1.18. The average Bonchev–Trinajstić information content (AvgIpc) is 2.54. The second-order valence-electron chi connectivity index (χ2n) is 5.83. The van der Waals surface area contributed by atoms with Crippen molar-refractivity contribution >= 4 is 29.1 Å². The van der Waals surface area contributed by atoms with Gasteiger partial charge in [-0.1, -0.05) is 35.4 Å². The van der Waals surface area contributed by atoms with Gasteiger partial charge in [-0.15, -0.1) is 0 Å². The van der Waals surface area contributed by atoms with Crippen LogP contribution in [0.5, 0.6) is 0 Å². The average molecular weight is 340 g/mol. The van der Waals surface area contributed by atoms with Crippen LogP contribution in [0.2, 0.25) is 10.0 Å². The van der Waals surface area contributed by atoms with Gasteiger partial charge in [0.05, 0.1) is 13.2 Å². The quantitative estimate of drug-likeness (QED) is 0.754. The van der Waals surface area contributed by atoms with Crippen LogP contribution in [0.4, 0.5) is 0 Å². The minimum absolute atomic E-state index is 0.117. The molecule has 0 N–H and O–H groups in total. The largest absolute Gasteiger partial charge is 0.370 e. The maximum Gasteiger partial charge on any atom is 0.226 e. The topological polar surface area (TPSA) is 29.5 Å². The third-order valence-corrected chi connectivity index (χ3v) is 4.69. The molecule has 1 saturated heterocycles. The van der Waals surface area contributed by atoms with E-state index in [1.807, 2.05) is 17.0 Å². The fourth-order valence-corrected chi connectivity index (χ4v) is 3.63. The van der Waals surface area contributed by atoms with Gasteiger partial charge in [-0.05, 0) is 43.0 Å². The van der Waals surface area contributed by atoms with E-state index in [9.17, 15) is 4.79 Å². The lowest BCUT2D eigenvalue weighted by Crippen LogP contribution is -2.45. The van der Waals surface area contributed by atoms with E-state index in [0.29, 0.717) is 29.7 Å². The van der Waals surface area contributed by atoms with Crippen molar-refractivity contribution in [2.45, 2.75) is 25.4 Å². The Morgan fingerprint density at radius 1 is 1.18 bits per heavy atom. The molecule has 2 aliphatic rings. The van der Waals surface area contributed by atoms with Gasteiger partial charge in [0.25, 0.3) is 0 Å². The summed E-state index contributed by atoms with van der Waals surface area (Å²) in [6.07, 6.45) is 6.90. The summed E-state index contributed by atoms with van der Waals surface area (Å²) in [5.41, 5.74) is 0.929. The normalized spacial score (nSPS) is 25.3. The Bertz CT molecular complexity index is 568. The van der Waals surface area contributed by atoms with Crippen LogP contribution >= 0.6 is 23.2 Å². The number of rotatable bonds is 2. The molecule has 2 atom stereocenters. The molecule has 1 fully saturated rings. The molecule has 0 bridgehead atoms. The molecule has 1 aliphatic carbocycles. The molecule has 1 aromatic rings. The van der Waals surface area contributed by atoms with E-state index in [-0.39, 0.29) is 17.9 Å². The number of morpholine rings is 1. The maximum atomic E-state index is 12.6. The van der Waals surface area contributed by atoms with Gasteiger partial charge in [-0.3, -0.25) is 4.79 Å². The third kappa shape index (κ3) is 3.65. The van der Waals surface area contributed by atoms with Gasteiger partial charge in [0.15, 0.2) is 0 Å². The van der Waals surface area contributed by atoms with Gasteiger partial charge in [-0.25, -0.2) is 0 Å². The highest BCUT2D eigenvalue weighted by atomic mass is 35.5. The summed E-state index contributed by atoms with van der Waals surface area (Å²) < 4.78 is 5.82. The highest BCUT2D eigenvalue weighted by molar-refractivity contribution is 6.34. The van der Waals surface area contributed by atoms with Crippen LogP contribution in [-0.2, 0) is 9.53 Å². The van der Waals surface area contributed by atoms with Crippen LogP contribution in [0.3, 0.4) is 0 Å². The fourth-order valence-electron chi connectivity index (χ4n) is 3.09. The monoisotopic (exact) mass is 339 g/mol. The van der Waals surface area contributed by atoms with Crippen LogP contribution in [0, 0.1) is 5.92 Å². The first kappa shape index (κ1) is 15.9. The molecule has 1 aliphatic heterocycles. The van der Waals surface area contributed by atoms with Gasteiger partial charge in [-0.2, -0.15) is 0 Å². The van der Waals surface area contributed by atoms with Gasteiger partial charge in [0, 0.05) is 22.5 Å². The molecule has 3 nitrogen and oxygen atoms in total. The van der Waals surface area contributed by atoms with Crippen molar-refractivity contribution in [3.05, 3.63) is 46.0 Å². The van der Waals surface area contributed by atoms with E-state index in [2.05, 4.69) is 12.2 Å². The number of allylic oxidation sites excluding steroid dienone is 2. The lowest BCUT2D eigenvalue weighted by Gasteiger charge is -2.35. The molecule has 1 aromatic carbocycles. The van der Waals surface area contributed by atoms with E-state index in [4.69, 9.17) is 27.9 Å². The molecule has 2 unspecified atom stereocenters. The van der Waals surface area contributed by atoms with Crippen LogP contribution < -0.4 is 0 Å². The van der Waals surface area contributed by atoms with Crippen molar-refractivity contribution in [3.8, 4) is 0 Å². The highest BCUT2D eigenvalue weighted by Gasteiger charge is 2.30. The fraction of sp³-hybridized carbons (Fsp3) is 0.471. The first-order valence-electron chi connectivity index (χ1n) is 7.65. The molecule has 0 saturated carbocycles. The molecule has 0 spiro atoms. The number of hydrogen-bond acceptors (Lipinski definition) is 2. The summed E-state index contributed by atoms with van der Waals surface area (Å²) in [6, 6.07) is 5.41. The predicted octanol–water partition coefficient (Wildman–Crippen LogP) is 4.25. The SMILES string of the molecule is O=C(C1CC=CCC1)N1CCOC(c2cc(Cl)cc(Cl)c2)C1. The number of carbonyl (C=O) groups excluding carboxylic acids is 1. The first-order chi connectivity index (χ1) is 10.6. The molecule has 22 heavy (non-hydrogen) atoms. The first-order valence-corrected chi connectivity index (χ1v) is 8.40. The van der Waals surface area contributed by atoms with Gasteiger partial charge in [0.2, 0.25) is 5.91 Å². The molecule has 3 rings (SSSR count). The lowest BCUT2D eigenvalue weighted by atomic mass is 9.92. The minimum atomic E-state index is -0.159. The Hall–Kier alpha value is -1.03. The Kier molecular flexibility index (Phi) is 5.07. The van der Waals surface area contributed by atoms with E-state index in [1.165, 1.54) is 0 Å². The van der Waals surface area contributed by atoms with Crippen molar-refractivity contribution < 1.29 is 9.53 Å². The van der Waals surface area contributed by atoms with E-state index in [0.717, 1.165) is 24.8 Å². The lowest BCUT2D eigenvalue weighted by molar-refractivity contribution is -0.143. The van der Waals surface area contributed by atoms with E-state index >= 15 is 0 Å². The number of benzene rings is 1. The Morgan fingerprint density at radius 2 is 1.95 bits per heavy atom. The Labute approximate surface area is 140 Å². The van der Waals surface area contributed by atoms with Crippen LogP contribution in [0.1, 0.15) is 30.9 Å². The summed E-state index contributed by atoms with van der Waals surface area (Å²) in [5.74, 6) is 0.359. The summed E-state index contributed by atoms with van der Waals surface area (Å²) in [6.45, 7) is 1.77. The van der Waals surface area contributed by atoms with Gasteiger partial charge in [0.1, 0.15) is 6.10 Å². The third-order valence-electron chi connectivity index (χ3n) is 4.25.